The van der Waals surface area contributed by atoms with E-state index < -0.39 is 40.6 Å². The lowest BCUT2D eigenvalue weighted by Gasteiger charge is -2.06. The van der Waals surface area contributed by atoms with Crippen LogP contribution >= 0.6 is 11.8 Å². The SMILES string of the molecule is Cc1ccccc1/C(C#N)=C1C=C/C(=N/OC(=O)c2c(F)c(F)c(F)c(F)c2F)S/1. The first-order valence-electron chi connectivity index (χ1n) is 8.13. The first kappa shape index (κ1) is 21.3. The molecule has 30 heavy (non-hydrogen) atoms. The van der Waals surface area contributed by atoms with Gasteiger partial charge < -0.3 is 4.84 Å². The first-order valence-corrected chi connectivity index (χ1v) is 8.95. The highest BCUT2D eigenvalue weighted by molar-refractivity contribution is 8.18. The summed E-state index contributed by atoms with van der Waals surface area (Å²) in [7, 11) is 0. The Balaban J connectivity index is 1.85. The lowest BCUT2D eigenvalue weighted by atomic mass is 10.0. The molecule has 0 saturated carbocycles. The van der Waals surface area contributed by atoms with Gasteiger partial charge in [0, 0.05) is 4.91 Å². The van der Waals surface area contributed by atoms with E-state index >= 15 is 0 Å². The van der Waals surface area contributed by atoms with Gasteiger partial charge in [-0.2, -0.15) is 5.26 Å². The molecular formula is C20H9F5N2O2S. The van der Waals surface area contributed by atoms with Crippen LogP contribution < -0.4 is 0 Å². The molecule has 0 atom stereocenters. The van der Waals surface area contributed by atoms with Crippen LogP contribution in [-0.4, -0.2) is 11.0 Å². The smallest absolute Gasteiger partial charge is 0.311 e. The van der Waals surface area contributed by atoms with E-state index in [0.717, 1.165) is 17.3 Å². The molecule has 0 aliphatic carbocycles. The number of nitrogens with zero attached hydrogens (tertiary/aromatic N) is 2. The second-order valence-electron chi connectivity index (χ2n) is 5.85. The molecule has 0 spiro atoms. The van der Waals surface area contributed by atoms with Gasteiger partial charge in [0.1, 0.15) is 16.7 Å². The Hall–Kier alpha value is -3.45. The second kappa shape index (κ2) is 8.51. The van der Waals surface area contributed by atoms with Gasteiger partial charge in [0.2, 0.25) is 5.82 Å². The number of allylic oxidation sites excluding steroid dienone is 2. The van der Waals surface area contributed by atoms with Crippen molar-refractivity contribution in [1.82, 2.24) is 0 Å². The Bertz CT molecular complexity index is 1170. The number of thioether (sulfide) groups is 1. The number of halogens is 5. The average Bonchev–Trinajstić information content (AvgIpc) is 3.20. The number of benzene rings is 2. The summed E-state index contributed by atoms with van der Waals surface area (Å²) in [5.41, 5.74) is 0.0900. The van der Waals surface area contributed by atoms with E-state index in [1.54, 1.807) is 12.1 Å². The van der Waals surface area contributed by atoms with Gasteiger partial charge in [0.25, 0.3) is 0 Å². The molecule has 0 fully saturated rings. The predicted molar refractivity (Wildman–Crippen MR) is 99.5 cm³/mol. The molecule has 1 aliphatic rings. The van der Waals surface area contributed by atoms with E-state index in [-0.39, 0.29) is 5.04 Å². The molecule has 0 bridgehead atoms. The van der Waals surface area contributed by atoms with Gasteiger partial charge in [0.15, 0.2) is 23.3 Å². The third kappa shape index (κ3) is 3.84. The standard InChI is InChI=1S/C20H9F5N2O2S/c1-9-4-2-3-5-10(9)11(8-26)12-6-7-13(30-12)27-29-20(28)14-15(21)17(23)19(25)18(24)16(14)22/h2-7H,1H3/b12-11-,27-13-. The van der Waals surface area contributed by atoms with Crippen LogP contribution in [0.15, 0.2) is 46.5 Å². The molecule has 0 N–H and O–H groups in total. The summed E-state index contributed by atoms with van der Waals surface area (Å²) in [4.78, 5) is 16.7. The molecule has 152 valence electrons. The number of oxime groups is 1. The molecule has 4 nitrogen and oxygen atoms in total. The number of nitriles is 1. The van der Waals surface area contributed by atoms with Crippen molar-refractivity contribution in [2.24, 2.45) is 5.16 Å². The minimum atomic E-state index is -2.39. The number of carbonyl (C=O) groups excluding carboxylic acids is 1. The third-order valence-electron chi connectivity index (χ3n) is 4.00. The molecule has 10 heteroatoms. The highest BCUT2D eigenvalue weighted by atomic mass is 32.2. The van der Waals surface area contributed by atoms with Crippen molar-refractivity contribution in [3.05, 3.63) is 87.1 Å². The molecule has 0 aromatic heterocycles. The van der Waals surface area contributed by atoms with Crippen LogP contribution in [0.2, 0.25) is 0 Å². The Kier molecular flexibility index (Phi) is 6.03. The molecule has 3 rings (SSSR count). The van der Waals surface area contributed by atoms with E-state index in [1.165, 1.54) is 12.2 Å². The minimum absolute atomic E-state index is 0.0311. The van der Waals surface area contributed by atoms with Crippen molar-refractivity contribution < 1.29 is 31.6 Å². The maximum atomic E-state index is 13.7. The van der Waals surface area contributed by atoms with Crippen LogP contribution in [0.25, 0.3) is 5.57 Å². The number of hydrogen-bond acceptors (Lipinski definition) is 5. The van der Waals surface area contributed by atoms with E-state index in [2.05, 4.69) is 16.1 Å². The van der Waals surface area contributed by atoms with Crippen molar-refractivity contribution in [2.45, 2.75) is 6.92 Å². The second-order valence-corrected chi connectivity index (χ2v) is 6.92. The summed E-state index contributed by atoms with van der Waals surface area (Å²) in [6.45, 7) is 1.82. The highest BCUT2D eigenvalue weighted by Gasteiger charge is 2.31. The number of rotatable bonds is 3. The lowest BCUT2D eigenvalue weighted by Crippen LogP contribution is -2.14. The van der Waals surface area contributed by atoms with E-state index in [9.17, 15) is 32.0 Å². The monoisotopic (exact) mass is 436 g/mol. The van der Waals surface area contributed by atoms with Crippen molar-refractivity contribution in [3.8, 4) is 6.07 Å². The molecular weight excluding hydrogens is 427 g/mol. The van der Waals surface area contributed by atoms with Crippen LogP contribution in [0.3, 0.4) is 0 Å². The van der Waals surface area contributed by atoms with Crippen molar-refractivity contribution in [3.63, 3.8) is 0 Å². The average molecular weight is 436 g/mol. The molecule has 2 aromatic carbocycles. The van der Waals surface area contributed by atoms with Crippen LogP contribution in [0.5, 0.6) is 0 Å². The van der Waals surface area contributed by atoms with Crippen LogP contribution in [0.4, 0.5) is 22.0 Å². The molecule has 2 aromatic rings. The fourth-order valence-corrected chi connectivity index (χ4v) is 3.36. The summed E-state index contributed by atoms with van der Waals surface area (Å²) in [5.74, 6) is -13.4. The Labute approximate surface area is 170 Å². The van der Waals surface area contributed by atoms with Gasteiger partial charge in [-0.05, 0) is 30.2 Å². The predicted octanol–water partition coefficient (Wildman–Crippen LogP) is 5.40. The summed E-state index contributed by atoms with van der Waals surface area (Å²) in [5, 5.41) is 12.9. The Morgan fingerprint density at radius 1 is 1.00 bits per heavy atom. The number of hydrogen-bond donors (Lipinski definition) is 0. The van der Waals surface area contributed by atoms with Gasteiger partial charge >= 0.3 is 5.97 Å². The maximum Gasteiger partial charge on any atom is 0.371 e. The fourth-order valence-electron chi connectivity index (χ4n) is 2.53. The third-order valence-corrected chi connectivity index (χ3v) is 4.98. The maximum absolute atomic E-state index is 13.7. The van der Waals surface area contributed by atoms with Gasteiger partial charge in [-0.3, -0.25) is 0 Å². The van der Waals surface area contributed by atoms with Crippen LogP contribution in [-0.2, 0) is 4.84 Å². The van der Waals surface area contributed by atoms with Crippen molar-refractivity contribution in [2.75, 3.05) is 0 Å². The molecule has 1 heterocycles. The molecule has 0 unspecified atom stereocenters. The summed E-state index contributed by atoms with van der Waals surface area (Å²) < 4.78 is 66.8. The largest absolute Gasteiger partial charge is 0.371 e. The summed E-state index contributed by atoms with van der Waals surface area (Å²) in [6.07, 6.45) is 2.88. The van der Waals surface area contributed by atoms with Crippen LogP contribution in [0.1, 0.15) is 21.5 Å². The molecule has 0 amide bonds. The first-order chi connectivity index (χ1) is 14.3. The van der Waals surface area contributed by atoms with Gasteiger partial charge in [-0.1, -0.05) is 41.2 Å². The topological polar surface area (TPSA) is 62.4 Å². The summed E-state index contributed by atoms with van der Waals surface area (Å²) >= 11 is 0.924. The van der Waals surface area contributed by atoms with E-state index in [0.29, 0.717) is 16.0 Å². The zero-order valence-electron chi connectivity index (χ0n) is 15.0. The van der Waals surface area contributed by atoms with Gasteiger partial charge in [0.05, 0.1) is 5.57 Å². The minimum Gasteiger partial charge on any atom is -0.311 e. The zero-order chi connectivity index (χ0) is 22.0. The quantitative estimate of drug-likeness (QED) is 0.161. The summed E-state index contributed by atoms with van der Waals surface area (Å²) in [6, 6.07) is 9.19. The number of aryl methyl sites for hydroxylation is 1. The highest BCUT2D eigenvalue weighted by Crippen LogP contribution is 2.35. The van der Waals surface area contributed by atoms with E-state index in [4.69, 9.17) is 0 Å². The van der Waals surface area contributed by atoms with Crippen molar-refractivity contribution in [1.29, 1.82) is 5.26 Å². The van der Waals surface area contributed by atoms with Gasteiger partial charge in [-0.15, -0.1) is 0 Å². The van der Waals surface area contributed by atoms with Crippen molar-refractivity contribution >= 4 is 28.3 Å². The lowest BCUT2D eigenvalue weighted by molar-refractivity contribution is 0.0503. The van der Waals surface area contributed by atoms with E-state index in [1.807, 2.05) is 19.1 Å². The Morgan fingerprint density at radius 2 is 1.60 bits per heavy atom. The zero-order valence-corrected chi connectivity index (χ0v) is 15.8. The van der Waals surface area contributed by atoms with Crippen LogP contribution in [0, 0.1) is 47.3 Å². The fraction of sp³-hybridized carbons (Fsp3) is 0.0500. The molecule has 0 radical (unpaired) electrons. The molecule has 1 aliphatic heterocycles. The Morgan fingerprint density at radius 3 is 2.20 bits per heavy atom. The molecule has 0 saturated heterocycles. The van der Waals surface area contributed by atoms with Gasteiger partial charge in [-0.25, -0.2) is 26.7 Å². The number of carbonyl (C=O) groups is 1. The normalized spacial score (nSPS) is 16.0.